The van der Waals surface area contributed by atoms with Crippen LogP contribution < -0.4 is 4.90 Å². The number of aromatic nitrogens is 2. The maximum absolute atomic E-state index is 12.8. The van der Waals surface area contributed by atoms with Crippen molar-refractivity contribution in [2.75, 3.05) is 24.7 Å². The third kappa shape index (κ3) is 4.01. The van der Waals surface area contributed by atoms with Gasteiger partial charge in [-0.25, -0.2) is 4.39 Å². The number of nitrogens with zero attached hydrogens (tertiary/aromatic N) is 3. The Morgan fingerprint density at radius 2 is 2.00 bits per heavy atom. The van der Waals surface area contributed by atoms with E-state index >= 15 is 0 Å². The van der Waals surface area contributed by atoms with E-state index in [-0.39, 0.29) is 11.6 Å². The zero-order valence-electron chi connectivity index (χ0n) is 11.2. The second-order valence-electron chi connectivity index (χ2n) is 4.27. The summed E-state index contributed by atoms with van der Waals surface area (Å²) in [5.41, 5.74) is 0.540. The monoisotopic (exact) mass is 311 g/mol. The van der Waals surface area contributed by atoms with Crippen molar-refractivity contribution in [1.82, 2.24) is 10.2 Å². The molecule has 0 amide bonds. The molecule has 0 unspecified atom stereocenters. The van der Waals surface area contributed by atoms with Gasteiger partial charge in [0.05, 0.1) is 0 Å². The van der Waals surface area contributed by atoms with E-state index in [4.69, 9.17) is 0 Å². The average molecular weight is 311 g/mol. The van der Waals surface area contributed by atoms with Crippen molar-refractivity contribution in [3.8, 4) is 0 Å². The second-order valence-corrected chi connectivity index (χ2v) is 6.57. The Morgan fingerprint density at radius 1 is 1.30 bits per heavy atom. The number of ketones is 1. The molecule has 20 heavy (non-hydrogen) atoms. The lowest BCUT2D eigenvalue weighted by molar-refractivity contribution is 0.0989. The fraction of sp³-hybridized carbons (Fsp3) is 0.308. The van der Waals surface area contributed by atoms with Crippen LogP contribution in [0.5, 0.6) is 0 Å². The van der Waals surface area contributed by atoms with Crippen molar-refractivity contribution in [2.24, 2.45) is 0 Å². The molecule has 2 rings (SSSR count). The van der Waals surface area contributed by atoms with Gasteiger partial charge in [0, 0.05) is 31.8 Å². The molecule has 0 aliphatic rings. The molecule has 0 spiro atoms. The van der Waals surface area contributed by atoms with Gasteiger partial charge in [0.15, 0.2) is 10.1 Å². The first-order chi connectivity index (χ1) is 9.56. The summed E-state index contributed by atoms with van der Waals surface area (Å²) in [6.45, 7) is 0. The van der Waals surface area contributed by atoms with Gasteiger partial charge < -0.3 is 4.90 Å². The van der Waals surface area contributed by atoms with E-state index in [0.29, 0.717) is 17.7 Å². The number of thioether (sulfide) groups is 1. The third-order valence-electron chi connectivity index (χ3n) is 2.50. The summed E-state index contributed by atoms with van der Waals surface area (Å²) >= 11 is 3.00. The van der Waals surface area contributed by atoms with Crippen LogP contribution in [-0.2, 0) is 0 Å². The van der Waals surface area contributed by atoms with E-state index in [1.165, 1.54) is 47.4 Å². The molecule has 1 heterocycles. The first-order valence-electron chi connectivity index (χ1n) is 5.98. The molecule has 106 valence electrons. The van der Waals surface area contributed by atoms with E-state index in [2.05, 4.69) is 10.2 Å². The lowest BCUT2D eigenvalue weighted by Crippen LogP contribution is -2.07. The first kappa shape index (κ1) is 14.9. The largest absolute Gasteiger partial charge is 0.353 e. The summed E-state index contributed by atoms with van der Waals surface area (Å²) in [5.74, 6) is 0.314. The van der Waals surface area contributed by atoms with Crippen molar-refractivity contribution in [2.45, 2.75) is 10.8 Å². The number of anilines is 1. The van der Waals surface area contributed by atoms with Gasteiger partial charge in [0.1, 0.15) is 5.82 Å². The van der Waals surface area contributed by atoms with Gasteiger partial charge in [-0.3, -0.25) is 4.79 Å². The predicted molar refractivity (Wildman–Crippen MR) is 80.3 cm³/mol. The van der Waals surface area contributed by atoms with E-state index in [0.717, 1.165) is 9.47 Å². The number of Topliss-reactive ketones (excluding diaryl/α,β-unsaturated/α-hetero) is 1. The lowest BCUT2D eigenvalue weighted by Gasteiger charge is -2.03. The zero-order chi connectivity index (χ0) is 14.5. The fourth-order valence-electron chi connectivity index (χ4n) is 1.45. The van der Waals surface area contributed by atoms with E-state index < -0.39 is 0 Å². The van der Waals surface area contributed by atoms with Gasteiger partial charge in [-0.2, -0.15) is 0 Å². The smallest absolute Gasteiger partial charge is 0.208 e. The van der Waals surface area contributed by atoms with Crippen LogP contribution >= 0.6 is 23.1 Å². The van der Waals surface area contributed by atoms with Gasteiger partial charge in [-0.1, -0.05) is 23.1 Å². The topological polar surface area (TPSA) is 46.1 Å². The summed E-state index contributed by atoms with van der Waals surface area (Å²) < 4.78 is 13.6. The average Bonchev–Trinajstić information content (AvgIpc) is 2.88. The Bertz CT molecular complexity index is 584. The molecule has 0 aliphatic heterocycles. The van der Waals surface area contributed by atoms with Gasteiger partial charge >= 0.3 is 0 Å². The van der Waals surface area contributed by atoms with Crippen LogP contribution in [0.3, 0.4) is 0 Å². The number of halogens is 1. The molecule has 4 nitrogen and oxygen atoms in total. The molecular formula is C13H14FN3OS2. The highest BCUT2D eigenvalue weighted by atomic mass is 32.2. The molecule has 0 atom stereocenters. The van der Waals surface area contributed by atoms with E-state index in [9.17, 15) is 9.18 Å². The Kier molecular flexibility index (Phi) is 5.08. The lowest BCUT2D eigenvalue weighted by atomic mass is 10.1. The maximum atomic E-state index is 12.8. The van der Waals surface area contributed by atoms with Crippen molar-refractivity contribution < 1.29 is 9.18 Å². The number of hydrogen-bond acceptors (Lipinski definition) is 6. The van der Waals surface area contributed by atoms with Crippen LogP contribution in [0, 0.1) is 5.82 Å². The highest BCUT2D eigenvalue weighted by Gasteiger charge is 2.09. The van der Waals surface area contributed by atoms with Crippen LogP contribution in [0.15, 0.2) is 28.6 Å². The molecule has 0 radical (unpaired) electrons. The number of hydrogen-bond donors (Lipinski definition) is 0. The molecule has 0 N–H and O–H groups in total. The van der Waals surface area contributed by atoms with Crippen LogP contribution in [0.1, 0.15) is 16.8 Å². The minimum atomic E-state index is -0.332. The molecule has 7 heteroatoms. The van der Waals surface area contributed by atoms with Crippen molar-refractivity contribution in [3.05, 3.63) is 35.6 Å². The highest BCUT2D eigenvalue weighted by molar-refractivity contribution is 8.01. The predicted octanol–water partition coefficient (Wildman–Crippen LogP) is 3.11. The van der Waals surface area contributed by atoms with Crippen LogP contribution in [0.4, 0.5) is 9.52 Å². The number of rotatable bonds is 6. The van der Waals surface area contributed by atoms with Gasteiger partial charge in [-0.05, 0) is 24.3 Å². The molecule has 1 aromatic carbocycles. The number of carbonyl (C=O) groups is 1. The highest BCUT2D eigenvalue weighted by Crippen LogP contribution is 2.27. The number of benzene rings is 1. The van der Waals surface area contributed by atoms with E-state index in [1.54, 1.807) is 0 Å². The molecule has 0 fully saturated rings. The standard InChI is InChI=1S/C13H14FN3OS2/c1-17(2)12-15-16-13(20-12)19-8-7-11(18)9-3-5-10(14)6-4-9/h3-6H,7-8H2,1-2H3. The zero-order valence-corrected chi connectivity index (χ0v) is 12.8. The number of carbonyl (C=O) groups excluding carboxylic acids is 1. The Hall–Kier alpha value is -1.47. The SMILES string of the molecule is CN(C)c1nnc(SCCC(=O)c2ccc(F)cc2)s1. The van der Waals surface area contributed by atoms with Gasteiger partial charge in [-0.15, -0.1) is 10.2 Å². The van der Waals surface area contributed by atoms with Crippen molar-refractivity contribution in [1.29, 1.82) is 0 Å². The van der Waals surface area contributed by atoms with Crippen LogP contribution in [0.25, 0.3) is 0 Å². The molecule has 0 saturated heterocycles. The van der Waals surface area contributed by atoms with Crippen LogP contribution in [0.2, 0.25) is 0 Å². The van der Waals surface area contributed by atoms with Gasteiger partial charge in [0.25, 0.3) is 0 Å². The molecule has 1 aromatic heterocycles. The molecular weight excluding hydrogens is 297 g/mol. The van der Waals surface area contributed by atoms with E-state index in [1.807, 2.05) is 19.0 Å². The minimum Gasteiger partial charge on any atom is -0.353 e. The molecule has 0 saturated carbocycles. The quantitative estimate of drug-likeness (QED) is 0.606. The summed E-state index contributed by atoms with van der Waals surface area (Å²) in [6, 6.07) is 5.62. The normalized spacial score (nSPS) is 10.6. The van der Waals surface area contributed by atoms with Gasteiger partial charge in [0.2, 0.25) is 5.13 Å². The fourth-order valence-corrected chi connectivity index (χ4v) is 3.22. The Morgan fingerprint density at radius 3 is 2.60 bits per heavy atom. The summed E-state index contributed by atoms with van der Waals surface area (Å²) in [5, 5.41) is 8.92. The second kappa shape index (κ2) is 6.81. The Labute approximate surface area is 125 Å². The Balaban J connectivity index is 1.83. The minimum absolute atomic E-state index is 0.00912. The molecule has 0 bridgehead atoms. The maximum Gasteiger partial charge on any atom is 0.208 e. The third-order valence-corrected chi connectivity index (χ3v) is 4.73. The summed E-state index contributed by atoms with van der Waals surface area (Å²) in [6.07, 6.45) is 0.396. The van der Waals surface area contributed by atoms with Crippen molar-refractivity contribution in [3.63, 3.8) is 0 Å². The van der Waals surface area contributed by atoms with Crippen molar-refractivity contribution >= 4 is 34.0 Å². The summed E-state index contributed by atoms with van der Waals surface area (Å²) in [4.78, 5) is 13.8. The van der Waals surface area contributed by atoms with Crippen LogP contribution in [-0.4, -0.2) is 35.8 Å². The molecule has 0 aliphatic carbocycles. The summed E-state index contributed by atoms with van der Waals surface area (Å²) in [7, 11) is 3.82. The molecule has 2 aromatic rings. The first-order valence-corrected chi connectivity index (χ1v) is 7.79.